The van der Waals surface area contributed by atoms with Crippen LogP contribution >= 0.6 is 0 Å². The molecule has 0 fully saturated rings. The van der Waals surface area contributed by atoms with Crippen molar-refractivity contribution in [1.82, 2.24) is 4.90 Å². The molecule has 2 nitrogen and oxygen atoms in total. The van der Waals surface area contributed by atoms with Gasteiger partial charge in [-0.15, -0.1) is 0 Å². The SMILES string of the molecule is CN(C)CCCc1ccccc1N. The van der Waals surface area contributed by atoms with E-state index in [1.165, 1.54) is 12.0 Å². The summed E-state index contributed by atoms with van der Waals surface area (Å²) >= 11 is 0. The minimum Gasteiger partial charge on any atom is -0.399 e. The molecule has 1 aromatic rings. The Morgan fingerprint density at radius 2 is 1.92 bits per heavy atom. The molecule has 0 aliphatic heterocycles. The van der Waals surface area contributed by atoms with Crippen LogP contribution in [0.1, 0.15) is 12.0 Å². The van der Waals surface area contributed by atoms with Crippen molar-refractivity contribution in [1.29, 1.82) is 0 Å². The smallest absolute Gasteiger partial charge is 0.0346 e. The van der Waals surface area contributed by atoms with E-state index in [9.17, 15) is 0 Å². The zero-order valence-corrected chi connectivity index (χ0v) is 8.46. The third kappa shape index (κ3) is 3.47. The Kier molecular flexibility index (Phi) is 3.77. The number of nitrogens with two attached hydrogens (primary N) is 1. The summed E-state index contributed by atoms with van der Waals surface area (Å²) < 4.78 is 0. The quantitative estimate of drug-likeness (QED) is 0.712. The van der Waals surface area contributed by atoms with Crippen LogP contribution < -0.4 is 5.73 Å². The summed E-state index contributed by atoms with van der Waals surface area (Å²) in [5.41, 5.74) is 8.01. The summed E-state index contributed by atoms with van der Waals surface area (Å²) in [5, 5.41) is 0. The van der Waals surface area contributed by atoms with Crippen LogP contribution in [0, 0.1) is 0 Å². The zero-order chi connectivity index (χ0) is 9.68. The predicted molar refractivity (Wildman–Crippen MR) is 57.7 cm³/mol. The Morgan fingerprint density at radius 1 is 1.23 bits per heavy atom. The van der Waals surface area contributed by atoms with E-state index in [0.717, 1.165) is 18.7 Å². The van der Waals surface area contributed by atoms with E-state index in [-0.39, 0.29) is 0 Å². The summed E-state index contributed by atoms with van der Waals surface area (Å²) in [6.45, 7) is 1.12. The fourth-order valence-corrected chi connectivity index (χ4v) is 1.35. The van der Waals surface area contributed by atoms with Gasteiger partial charge in [0.2, 0.25) is 0 Å². The number of aryl methyl sites for hydroxylation is 1. The molecule has 0 radical (unpaired) electrons. The number of benzene rings is 1. The number of para-hydroxylation sites is 1. The summed E-state index contributed by atoms with van der Waals surface area (Å²) in [7, 11) is 4.18. The number of hydrogen-bond donors (Lipinski definition) is 1. The Bertz CT molecular complexity index is 256. The highest BCUT2D eigenvalue weighted by Crippen LogP contribution is 2.12. The van der Waals surface area contributed by atoms with Gasteiger partial charge < -0.3 is 10.6 Å². The second-order valence-corrected chi connectivity index (χ2v) is 3.61. The van der Waals surface area contributed by atoms with Gasteiger partial charge in [0, 0.05) is 5.69 Å². The molecule has 0 aliphatic carbocycles. The van der Waals surface area contributed by atoms with E-state index in [1.807, 2.05) is 18.2 Å². The molecule has 13 heavy (non-hydrogen) atoms. The lowest BCUT2D eigenvalue weighted by Crippen LogP contribution is -2.13. The Balaban J connectivity index is 2.41. The fourth-order valence-electron chi connectivity index (χ4n) is 1.35. The highest BCUT2D eigenvalue weighted by Gasteiger charge is 1.97. The van der Waals surface area contributed by atoms with Crippen LogP contribution in [0.15, 0.2) is 24.3 Å². The van der Waals surface area contributed by atoms with Crippen LogP contribution in [-0.4, -0.2) is 25.5 Å². The predicted octanol–water partition coefficient (Wildman–Crippen LogP) is 1.76. The topological polar surface area (TPSA) is 29.3 Å². The molecule has 2 N–H and O–H groups in total. The highest BCUT2D eigenvalue weighted by molar-refractivity contribution is 5.46. The first-order valence-electron chi connectivity index (χ1n) is 4.68. The van der Waals surface area contributed by atoms with Crippen LogP contribution in [0.4, 0.5) is 5.69 Å². The maximum atomic E-state index is 5.82. The molecule has 0 saturated heterocycles. The van der Waals surface area contributed by atoms with Crippen molar-refractivity contribution in [3.63, 3.8) is 0 Å². The van der Waals surface area contributed by atoms with E-state index >= 15 is 0 Å². The van der Waals surface area contributed by atoms with Crippen molar-refractivity contribution in [2.75, 3.05) is 26.4 Å². The Hall–Kier alpha value is -1.02. The second kappa shape index (κ2) is 4.87. The summed E-state index contributed by atoms with van der Waals surface area (Å²) in [4.78, 5) is 2.19. The molecule has 0 unspecified atom stereocenters. The van der Waals surface area contributed by atoms with E-state index in [2.05, 4.69) is 25.1 Å². The van der Waals surface area contributed by atoms with Gasteiger partial charge in [0.15, 0.2) is 0 Å². The molecule has 0 heterocycles. The molecular weight excluding hydrogens is 160 g/mol. The molecule has 0 aliphatic rings. The molecule has 0 amide bonds. The maximum Gasteiger partial charge on any atom is 0.0346 e. The zero-order valence-electron chi connectivity index (χ0n) is 8.46. The van der Waals surface area contributed by atoms with E-state index < -0.39 is 0 Å². The fraction of sp³-hybridized carbons (Fsp3) is 0.455. The Morgan fingerprint density at radius 3 is 2.54 bits per heavy atom. The van der Waals surface area contributed by atoms with Crippen LogP contribution in [0.5, 0.6) is 0 Å². The molecule has 0 saturated carbocycles. The van der Waals surface area contributed by atoms with Gasteiger partial charge in [0.25, 0.3) is 0 Å². The van der Waals surface area contributed by atoms with Crippen LogP contribution in [0.3, 0.4) is 0 Å². The van der Waals surface area contributed by atoms with E-state index in [1.54, 1.807) is 0 Å². The van der Waals surface area contributed by atoms with Crippen molar-refractivity contribution in [2.45, 2.75) is 12.8 Å². The molecule has 2 heteroatoms. The van der Waals surface area contributed by atoms with Gasteiger partial charge in [-0.2, -0.15) is 0 Å². The first-order valence-corrected chi connectivity index (χ1v) is 4.68. The van der Waals surface area contributed by atoms with Crippen LogP contribution in [-0.2, 0) is 6.42 Å². The normalized spacial score (nSPS) is 10.7. The molecular formula is C11H18N2. The first kappa shape index (κ1) is 10.1. The minimum atomic E-state index is 0.918. The second-order valence-electron chi connectivity index (χ2n) is 3.61. The lowest BCUT2D eigenvalue weighted by molar-refractivity contribution is 0.400. The molecule has 0 atom stereocenters. The lowest BCUT2D eigenvalue weighted by atomic mass is 10.1. The molecule has 0 spiro atoms. The third-order valence-corrected chi connectivity index (χ3v) is 2.11. The monoisotopic (exact) mass is 178 g/mol. The molecule has 0 aromatic heterocycles. The molecule has 1 rings (SSSR count). The van der Waals surface area contributed by atoms with Crippen molar-refractivity contribution in [3.05, 3.63) is 29.8 Å². The van der Waals surface area contributed by atoms with Crippen LogP contribution in [0.25, 0.3) is 0 Å². The summed E-state index contributed by atoms with van der Waals surface area (Å²) in [6, 6.07) is 8.09. The number of anilines is 1. The third-order valence-electron chi connectivity index (χ3n) is 2.11. The molecule has 1 aromatic carbocycles. The highest BCUT2D eigenvalue weighted by atomic mass is 15.0. The minimum absolute atomic E-state index is 0.918. The van der Waals surface area contributed by atoms with Gasteiger partial charge in [-0.25, -0.2) is 0 Å². The molecule has 72 valence electrons. The largest absolute Gasteiger partial charge is 0.399 e. The van der Waals surface area contributed by atoms with Gasteiger partial charge in [0.05, 0.1) is 0 Å². The standard InChI is InChI=1S/C11H18N2/c1-13(2)9-5-7-10-6-3-4-8-11(10)12/h3-4,6,8H,5,7,9,12H2,1-2H3. The molecule has 0 bridgehead atoms. The van der Waals surface area contributed by atoms with Crippen molar-refractivity contribution < 1.29 is 0 Å². The summed E-state index contributed by atoms with van der Waals surface area (Å²) in [6.07, 6.45) is 2.24. The Labute approximate surface area is 80.4 Å². The van der Waals surface area contributed by atoms with Gasteiger partial charge in [0.1, 0.15) is 0 Å². The van der Waals surface area contributed by atoms with Crippen LogP contribution in [0.2, 0.25) is 0 Å². The van der Waals surface area contributed by atoms with Crippen molar-refractivity contribution in [3.8, 4) is 0 Å². The number of rotatable bonds is 4. The maximum absolute atomic E-state index is 5.82. The van der Waals surface area contributed by atoms with Crippen molar-refractivity contribution >= 4 is 5.69 Å². The van der Waals surface area contributed by atoms with E-state index in [4.69, 9.17) is 5.73 Å². The van der Waals surface area contributed by atoms with Gasteiger partial charge in [-0.3, -0.25) is 0 Å². The van der Waals surface area contributed by atoms with E-state index in [0.29, 0.717) is 0 Å². The number of hydrogen-bond acceptors (Lipinski definition) is 2. The van der Waals surface area contributed by atoms with Crippen molar-refractivity contribution in [2.24, 2.45) is 0 Å². The summed E-state index contributed by atoms with van der Waals surface area (Å²) in [5.74, 6) is 0. The van der Waals surface area contributed by atoms with Gasteiger partial charge >= 0.3 is 0 Å². The average molecular weight is 178 g/mol. The number of nitrogens with zero attached hydrogens (tertiary/aromatic N) is 1. The number of nitrogen functional groups attached to an aromatic ring is 1. The van der Waals surface area contributed by atoms with Gasteiger partial charge in [-0.05, 0) is 45.1 Å². The lowest BCUT2D eigenvalue weighted by Gasteiger charge is -2.09. The van der Waals surface area contributed by atoms with Gasteiger partial charge in [-0.1, -0.05) is 18.2 Å². The average Bonchev–Trinajstić information content (AvgIpc) is 2.08. The first-order chi connectivity index (χ1) is 6.20.